The fourth-order valence-electron chi connectivity index (χ4n) is 8.53. The Labute approximate surface area is 282 Å². The quantitative estimate of drug-likeness (QED) is 0.237. The van der Waals surface area contributed by atoms with E-state index in [1.165, 1.54) is 77.0 Å². The van der Waals surface area contributed by atoms with Crippen LogP contribution in [0.1, 0.15) is 126 Å². The molecule has 3 atom stereocenters. The van der Waals surface area contributed by atoms with Crippen LogP contribution in [0.4, 0.5) is 0 Å². The third-order valence-corrected chi connectivity index (χ3v) is 11.6. The lowest BCUT2D eigenvalue weighted by atomic mass is 9.80. The molecule has 0 aliphatic heterocycles. The standard InChI is InChI=1S/C42H53ClN2O/c1-29(32-15-7-3-4-8-16-32)33-21-13-14-31(22-24-33)23-26-38-40(42(46)44-30(2)34-17-9-5-10-18-34)37-27-25-36(43)28-39(37)45-41(38)35-19-11-6-12-20-35/h6,11-12,14-15,19-20,25,27-30,33-34H,3-5,7-10,13,16-18,21-24,26H2,1-2H3,(H,44,46)/t29-,30-,33?/m0/s1. The van der Waals surface area contributed by atoms with Crippen molar-refractivity contribution in [2.45, 2.75) is 123 Å². The van der Waals surface area contributed by atoms with Crippen LogP contribution in [0.15, 0.2) is 71.8 Å². The number of hydrogen-bond acceptors (Lipinski definition) is 2. The van der Waals surface area contributed by atoms with Crippen LogP contribution in [-0.4, -0.2) is 16.9 Å². The predicted octanol–water partition coefficient (Wildman–Crippen LogP) is 11.8. The molecule has 3 aliphatic carbocycles. The number of nitrogens with one attached hydrogen (secondary N) is 1. The summed E-state index contributed by atoms with van der Waals surface area (Å²) in [6.45, 7) is 4.69. The van der Waals surface area contributed by atoms with Crippen molar-refractivity contribution in [1.29, 1.82) is 0 Å². The highest BCUT2D eigenvalue weighted by Gasteiger charge is 2.27. The Bertz CT molecular complexity index is 1550. The van der Waals surface area contributed by atoms with Crippen molar-refractivity contribution in [3.05, 3.63) is 88.0 Å². The fourth-order valence-corrected chi connectivity index (χ4v) is 8.70. The van der Waals surface area contributed by atoms with Gasteiger partial charge in [0, 0.05) is 22.0 Å². The fraction of sp³-hybridized carbons (Fsp3) is 0.524. The van der Waals surface area contributed by atoms with Crippen molar-refractivity contribution in [3.63, 3.8) is 0 Å². The van der Waals surface area contributed by atoms with Crippen LogP contribution in [0, 0.1) is 17.8 Å². The minimum Gasteiger partial charge on any atom is -0.349 e. The summed E-state index contributed by atoms with van der Waals surface area (Å²) >= 11 is 6.49. The Kier molecular flexibility index (Phi) is 11.3. The molecule has 244 valence electrons. The van der Waals surface area contributed by atoms with Crippen molar-refractivity contribution in [1.82, 2.24) is 10.3 Å². The third kappa shape index (κ3) is 7.96. The van der Waals surface area contributed by atoms with Crippen molar-refractivity contribution in [3.8, 4) is 11.3 Å². The molecule has 6 rings (SSSR count). The third-order valence-electron chi connectivity index (χ3n) is 11.4. The Hall–Kier alpha value is -2.91. The predicted molar refractivity (Wildman–Crippen MR) is 194 cm³/mol. The molecule has 1 amide bonds. The number of nitrogens with zero attached hydrogens (tertiary/aromatic N) is 1. The molecule has 1 N–H and O–H groups in total. The van der Waals surface area contributed by atoms with E-state index in [4.69, 9.17) is 16.6 Å². The van der Waals surface area contributed by atoms with Gasteiger partial charge in [0.1, 0.15) is 0 Å². The van der Waals surface area contributed by atoms with Crippen molar-refractivity contribution in [2.24, 2.45) is 17.8 Å². The second-order valence-electron chi connectivity index (χ2n) is 14.4. The van der Waals surface area contributed by atoms with Crippen LogP contribution < -0.4 is 5.32 Å². The van der Waals surface area contributed by atoms with Crippen molar-refractivity contribution >= 4 is 28.4 Å². The lowest BCUT2D eigenvalue weighted by Crippen LogP contribution is -2.39. The molecule has 0 spiro atoms. The number of carbonyl (C=O) groups excluding carboxylic acids is 1. The summed E-state index contributed by atoms with van der Waals surface area (Å²) in [5, 5.41) is 5.01. The molecule has 0 radical (unpaired) electrons. The molecule has 1 unspecified atom stereocenters. The van der Waals surface area contributed by atoms with Gasteiger partial charge in [-0.25, -0.2) is 4.98 Å². The topological polar surface area (TPSA) is 42.0 Å². The molecule has 2 aromatic carbocycles. The average molecular weight is 637 g/mol. The van der Waals surface area contributed by atoms with Gasteiger partial charge in [-0.1, -0.05) is 104 Å². The molecule has 0 bridgehead atoms. The highest BCUT2D eigenvalue weighted by molar-refractivity contribution is 6.31. The maximum Gasteiger partial charge on any atom is 0.252 e. The van der Waals surface area contributed by atoms with E-state index in [1.807, 2.05) is 24.3 Å². The van der Waals surface area contributed by atoms with E-state index in [2.05, 4.69) is 55.6 Å². The minimum absolute atomic E-state index is 0.0281. The summed E-state index contributed by atoms with van der Waals surface area (Å²) in [6.07, 6.45) is 24.6. The summed E-state index contributed by atoms with van der Waals surface area (Å²) in [4.78, 5) is 19.6. The number of hydrogen-bond donors (Lipinski definition) is 1. The SMILES string of the molecule is C[C@H](NC(=O)c1c(CCC2=CCCC([C@@H](C)C3=CCCCCC3)CC2)c(-c2ccccc2)nc2cc(Cl)ccc12)C1CCCCC1. The summed E-state index contributed by atoms with van der Waals surface area (Å²) in [7, 11) is 0. The van der Waals surface area contributed by atoms with E-state index in [-0.39, 0.29) is 11.9 Å². The molecule has 4 heteroatoms. The largest absolute Gasteiger partial charge is 0.349 e. The number of benzene rings is 2. The van der Waals surface area contributed by atoms with Crippen LogP contribution in [0.25, 0.3) is 22.2 Å². The molecular weight excluding hydrogens is 584 g/mol. The average Bonchev–Trinajstić information content (AvgIpc) is 3.51. The minimum atomic E-state index is 0.0281. The highest BCUT2D eigenvalue weighted by atomic mass is 35.5. The molecule has 1 aromatic heterocycles. The molecule has 3 aromatic rings. The molecule has 3 aliphatic rings. The van der Waals surface area contributed by atoms with E-state index >= 15 is 0 Å². The van der Waals surface area contributed by atoms with Crippen LogP contribution in [-0.2, 0) is 6.42 Å². The normalized spacial score (nSPS) is 21.1. The zero-order valence-corrected chi connectivity index (χ0v) is 28.9. The first-order valence-electron chi connectivity index (χ1n) is 18.3. The van der Waals surface area contributed by atoms with E-state index in [1.54, 1.807) is 11.1 Å². The maximum atomic E-state index is 14.4. The van der Waals surface area contributed by atoms with Gasteiger partial charge in [-0.05, 0) is 119 Å². The highest BCUT2D eigenvalue weighted by Crippen LogP contribution is 2.38. The summed E-state index contributed by atoms with van der Waals surface area (Å²) in [5.41, 5.74) is 7.85. The number of rotatable bonds is 9. The van der Waals surface area contributed by atoms with Crippen LogP contribution in [0.2, 0.25) is 5.02 Å². The first kappa shape index (κ1) is 33.0. The van der Waals surface area contributed by atoms with Gasteiger partial charge in [-0.2, -0.15) is 0 Å². The number of allylic oxidation sites excluding steroid dienone is 4. The van der Waals surface area contributed by atoms with Crippen LogP contribution in [0.5, 0.6) is 0 Å². The van der Waals surface area contributed by atoms with Gasteiger partial charge < -0.3 is 5.32 Å². The molecule has 1 fully saturated rings. The first-order chi connectivity index (χ1) is 22.5. The lowest BCUT2D eigenvalue weighted by Gasteiger charge is -2.29. The number of halogens is 1. The molecule has 46 heavy (non-hydrogen) atoms. The Balaban J connectivity index is 1.29. The Morgan fingerprint density at radius 2 is 1.65 bits per heavy atom. The van der Waals surface area contributed by atoms with E-state index in [9.17, 15) is 4.79 Å². The zero-order valence-electron chi connectivity index (χ0n) is 28.1. The van der Waals surface area contributed by atoms with Gasteiger partial charge in [0.05, 0.1) is 16.8 Å². The van der Waals surface area contributed by atoms with Gasteiger partial charge in [0.2, 0.25) is 0 Å². The summed E-state index contributed by atoms with van der Waals surface area (Å²) < 4.78 is 0. The number of fused-ring (bicyclic) bond motifs is 1. The number of carbonyl (C=O) groups is 1. The zero-order chi connectivity index (χ0) is 31.9. The van der Waals surface area contributed by atoms with Crippen molar-refractivity contribution < 1.29 is 4.79 Å². The van der Waals surface area contributed by atoms with Gasteiger partial charge in [-0.3, -0.25) is 4.79 Å². The second kappa shape index (κ2) is 15.8. The Morgan fingerprint density at radius 1 is 0.848 bits per heavy atom. The van der Waals surface area contributed by atoms with Gasteiger partial charge in [0.25, 0.3) is 5.91 Å². The molecule has 3 nitrogen and oxygen atoms in total. The Morgan fingerprint density at radius 3 is 2.48 bits per heavy atom. The van der Waals surface area contributed by atoms with Crippen molar-refractivity contribution in [2.75, 3.05) is 0 Å². The lowest BCUT2D eigenvalue weighted by molar-refractivity contribution is 0.0920. The van der Waals surface area contributed by atoms with Crippen LogP contribution in [0.3, 0.4) is 0 Å². The molecule has 1 heterocycles. The van der Waals surface area contributed by atoms with Gasteiger partial charge >= 0.3 is 0 Å². The smallest absolute Gasteiger partial charge is 0.252 e. The van der Waals surface area contributed by atoms with Gasteiger partial charge in [-0.15, -0.1) is 0 Å². The van der Waals surface area contributed by atoms with Gasteiger partial charge in [0.15, 0.2) is 0 Å². The van der Waals surface area contributed by atoms with E-state index in [0.717, 1.165) is 64.9 Å². The van der Waals surface area contributed by atoms with E-state index < -0.39 is 0 Å². The first-order valence-corrected chi connectivity index (χ1v) is 18.7. The number of amides is 1. The van der Waals surface area contributed by atoms with Crippen LogP contribution >= 0.6 is 11.6 Å². The molecular formula is C42H53ClN2O. The summed E-state index contributed by atoms with van der Waals surface area (Å²) in [5.74, 6) is 2.01. The number of aromatic nitrogens is 1. The number of pyridine rings is 1. The monoisotopic (exact) mass is 636 g/mol. The van der Waals surface area contributed by atoms with E-state index in [0.29, 0.717) is 16.9 Å². The molecule has 1 saturated carbocycles. The second-order valence-corrected chi connectivity index (χ2v) is 14.8. The maximum absolute atomic E-state index is 14.4. The summed E-state index contributed by atoms with van der Waals surface area (Å²) in [6, 6.07) is 16.4. The molecule has 0 saturated heterocycles.